The largest absolute Gasteiger partial charge is 0.486 e. The third-order valence-corrected chi connectivity index (χ3v) is 8.11. The number of thioether (sulfide) groups is 1. The van der Waals surface area contributed by atoms with Crippen LogP contribution in [0.3, 0.4) is 0 Å². The van der Waals surface area contributed by atoms with E-state index in [1.165, 1.54) is 29.8 Å². The molecule has 0 radical (unpaired) electrons. The van der Waals surface area contributed by atoms with Crippen molar-refractivity contribution >= 4 is 28.7 Å². The lowest BCUT2D eigenvalue weighted by Crippen LogP contribution is -2.34. The van der Waals surface area contributed by atoms with Crippen LogP contribution in [0.4, 0.5) is 8.78 Å². The first-order valence-electron chi connectivity index (χ1n) is 12.7. The first-order valence-corrected chi connectivity index (χ1v) is 13.6. The van der Waals surface area contributed by atoms with E-state index in [2.05, 4.69) is 22.5 Å². The topological polar surface area (TPSA) is 34.1 Å². The van der Waals surface area contributed by atoms with E-state index in [0.717, 1.165) is 69.6 Å². The normalized spacial score (nSPS) is 21.2. The molecule has 1 aliphatic carbocycles. The Hall–Kier alpha value is -3.84. The van der Waals surface area contributed by atoms with Crippen molar-refractivity contribution in [1.29, 1.82) is 0 Å². The summed E-state index contributed by atoms with van der Waals surface area (Å²) in [4.78, 5) is 7.45. The number of rotatable bonds is 3. The summed E-state index contributed by atoms with van der Waals surface area (Å²) in [5.74, 6) is 0.983. The number of halogens is 2. The van der Waals surface area contributed by atoms with Crippen LogP contribution in [0.2, 0.25) is 0 Å². The predicted molar refractivity (Wildman–Crippen MR) is 147 cm³/mol. The summed E-state index contributed by atoms with van der Waals surface area (Å²) in [6, 6.07) is 19.3. The van der Waals surface area contributed by atoms with Crippen LogP contribution in [0.15, 0.2) is 94.0 Å². The summed E-state index contributed by atoms with van der Waals surface area (Å²) in [6.07, 6.45) is 4.89. The van der Waals surface area contributed by atoms with Crippen molar-refractivity contribution in [3.63, 3.8) is 0 Å². The van der Waals surface area contributed by atoms with Gasteiger partial charge in [0, 0.05) is 11.0 Å². The van der Waals surface area contributed by atoms with Gasteiger partial charge < -0.3 is 14.4 Å². The molecule has 0 amide bonds. The maximum absolute atomic E-state index is 14.0. The molecule has 38 heavy (non-hydrogen) atoms. The fourth-order valence-electron chi connectivity index (χ4n) is 5.53. The quantitative estimate of drug-likeness (QED) is 0.350. The van der Waals surface area contributed by atoms with Crippen molar-refractivity contribution in [2.45, 2.75) is 25.3 Å². The first kappa shape index (κ1) is 23.3. The molecule has 3 aliphatic heterocycles. The van der Waals surface area contributed by atoms with Gasteiger partial charge in [0.1, 0.15) is 24.8 Å². The van der Waals surface area contributed by atoms with Crippen LogP contribution in [0.5, 0.6) is 11.5 Å². The van der Waals surface area contributed by atoms with Crippen molar-refractivity contribution in [2.75, 3.05) is 13.2 Å². The highest BCUT2D eigenvalue weighted by molar-refractivity contribution is 8.16. The molecule has 0 aromatic heterocycles. The number of benzene rings is 3. The Morgan fingerprint density at radius 1 is 0.868 bits per heavy atom. The van der Waals surface area contributed by atoms with Crippen molar-refractivity contribution in [2.24, 2.45) is 4.99 Å². The Bertz CT molecular complexity index is 1540. The van der Waals surface area contributed by atoms with Gasteiger partial charge in [-0.3, -0.25) is 0 Å². The van der Waals surface area contributed by atoms with E-state index in [-0.39, 0.29) is 17.7 Å². The van der Waals surface area contributed by atoms with Gasteiger partial charge in [0.15, 0.2) is 16.7 Å². The SMILES string of the molecule is Fc1ccc(/C=C2\CCCC3=C2N=C2SC=C(c4ccc5c(c4)OCCO5)N2[C@@H]3c2ccc(F)cc2)cc1. The molecular weight excluding hydrogens is 502 g/mol. The van der Waals surface area contributed by atoms with Gasteiger partial charge in [-0.25, -0.2) is 13.8 Å². The second-order valence-corrected chi connectivity index (χ2v) is 10.5. The van der Waals surface area contributed by atoms with Crippen LogP contribution in [0.1, 0.15) is 42.0 Å². The van der Waals surface area contributed by atoms with Gasteiger partial charge in [-0.05, 0) is 90.1 Å². The van der Waals surface area contributed by atoms with Crippen molar-refractivity contribution in [1.82, 2.24) is 4.90 Å². The van der Waals surface area contributed by atoms with Gasteiger partial charge in [-0.15, -0.1) is 0 Å². The Balaban J connectivity index is 1.34. The van der Waals surface area contributed by atoms with Crippen LogP contribution in [-0.2, 0) is 0 Å². The van der Waals surface area contributed by atoms with Crippen molar-refractivity contribution in [3.8, 4) is 11.5 Å². The lowest BCUT2D eigenvalue weighted by Gasteiger charge is -2.40. The summed E-state index contributed by atoms with van der Waals surface area (Å²) in [7, 11) is 0. The van der Waals surface area contributed by atoms with E-state index < -0.39 is 0 Å². The summed E-state index contributed by atoms with van der Waals surface area (Å²) in [5, 5.41) is 3.01. The number of hydrogen-bond acceptors (Lipinski definition) is 5. The Morgan fingerprint density at radius 3 is 2.39 bits per heavy atom. The predicted octanol–water partition coefficient (Wildman–Crippen LogP) is 7.72. The molecule has 1 atom stereocenters. The molecule has 7 heteroatoms. The summed E-state index contributed by atoms with van der Waals surface area (Å²) in [6.45, 7) is 1.07. The van der Waals surface area contributed by atoms with Crippen LogP contribution in [-0.4, -0.2) is 23.3 Å². The zero-order valence-corrected chi connectivity index (χ0v) is 21.3. The standard InChI is InChI=1S/C31H24F2N2O2S/c32-23-9-4-19(5-10-23)16-22-2-1-3-25-29(22)34-31-35(30(25)20-6-11-24(33)12-7-20)26(18-38-31)21-8-13-27-28(17-21)37-15-14-36-27/h4-13,16-18,30H,1-3,14-15H2/b22-16+/t30-/m1/s1. The molecule has 0 fully saturated rings. The molecule has 0 saturated carbocycles. The zero-order chi connectivity index (χ0) is 25.6. The highest BCUT2D eigenvalue weighted by Gasteiger charge is 2.40. The zero-order valence-electron chi connectivity index (χ0n) is 20.5. The van der Waals surface area contributed by atoms with E-state index in [0.29, 0.717) is 13.2 Å². The van der Waals surface area contributed by atoms with Gasteiger partial charge in [0.25, 0.3) is 0 Å². The molecule has 0 unspecified atom stereocenters. The first-order chi connectivity index (χ1) is 18.6. The highest BCUT2D eigenvalue weighted by Crippen LogP contribution is 2.51. The minimum absolute atomic E-state index is 0.121. The number of nitrogens with zero attached hydrogens (tertiary/aromatic N) is 2. The van der Waals surface area contributed by atoms with E-state index in [1.807, 2.05) is 24.3 Å². The molecular formula is C31H24F2N2O2S. The fraction of sp³-hybridized carbons (Fsp3) is 0.194. The Morgan fingerprint density at radius 2 is 1.61 bits per heavy atom. The molecule has 0 bridgehead atoms. The number of aliphatic imine (C=N–C) groups is 1. The lowest BCUT2D eigenvalue weighted by atomic mass is 9.82. The van der Waals surface area contributed by atoms with Gasteiger partial charge in [-0.1, -0.05) is 36.0 Å². The van der Waals surface area contributed by atoms with E-state index in [9.17, 15) is 8.78 Å². The molecule has 0 spiro atoms. The molecule has 3 aromatic carbocycles. The molecule has 3 heterocycles. The van der Waals surface area contributed by atoms with Crippen LogP contribution < -0.4 is 9.47 Å². The number of allylic oxidation sites excluding steroid dienone is 1. The number of fused-ring (bicyclic) bond motifs is 2. The number of hydrogen-bond donors (Lipinski definition) is 0. The average molecular weight is 527 g/mol. The van der Waals surface area contributed by atoms with Crippen LogP contribution in [0.25, 0.3) is 11.8 Å². The molecule has 190 valence electrons. The van der Waals surface area contributed by atoms with Crippen molar-refractivity contribution in [3.05, 3.63) is 117 Å². The summed E-state index contributed by atoms with van der Waals surface area (Å²) < 4.78 is 39.1. The maximum atomic E-state index is 14.0. The fourth-order valence-corrected chi connectivity index (χ4v) is 6.46. The highest BCUT2D eigenvalue weighted by atomic mass is 32.2. The van der Waals surface area contributed by atoms with Crippen molar-refractivity contribution < 1.29 is 18.3 Å². The average Bonchev–Trinajstić information content (AvgIpc) is 3.37. The lowest BCUT2D eigenvalue weighted by molar-refractivity contribution is 0.171. The van der Waals surface area contributed by atoms with Crippen LogP contribution in [0, 0.1) is 11.6 Å². The molecule has 7 rings (SSSR count). The molecule has 4 nitrogen and oxygen atoms in total. The van der Waals surface area contributed by atoms with Gasteiger partial charge in [0.05, 0.1) is 17.4 Å². The summed E-state index contributed by atoms with van der Waals surface area (Å²) in [5.41, 5.74) is 7.36. The van der Waals surface area contributed by atoms with E-state index in [1.54, 1.807) is 23.9 Å². The molecule has 0 N–H and O–H groups in total. The minimum Gasteiger partial charge on any atom is -0.486 e. The Kier molecular flexibility index (Phi) is 5.81. The van der Waals surface area contributed by atoms with Gasteiger partial charge in [-0.2, -0.15) is 0 Å². The second kappa shape index (κ2) is 9.48. The second-order valence-electron chi connectivity index (χ2n) is 9.65. The van der Waals surface area contributed by atoms with Gasteiger partial charge >= 0.3 is 0 Å². The third-order valence-electron chi connectivity index (χ3n) is 7.27. The Labute approximate surface area is 224 Å². The number of amidine groups is 1. The smallest absolute Gasteiger partial charge is 0.174 e. The monoisotopic (exact) mass is 526 g/mol. The third kappa shape index (κ3) is 4.11. The molecule has 3 aromatic rings. The maximum Gasteiger partial charge on any atom is 0.174 e. The molecule has 4 aliphatic rings. The summed E-state index contributed by atoms with van der Waals surface area (Å²) >= 11 is 1.59. The van der Waals surface area contributed by atoms with E-state index in [4.69, 9.17) is 14.5 Å². The number of ether oxygens (including phenoxy) is 2. The van der Waals surface area contributed by atoms with Gasteiger partial charge in [0.2, 0.25) is 0 Å². The van der Waals surface area contributed by atoms with E-state index >= 15 is 0 Å². The molecule has 0 saturated heterocycles. The van der Waals surface area contributed by atoms with Crippen LogP contribution >= 0.6 is 11.8 Å². The minimum atomic E-state index is -0.258.